The largest absolute Gasteiger partial charge is 0.388 e. The Morgan fingerprint density at radius 2 is 1.76 bits per heavy atom. The van der Waals surface area contributed by atoms with Crippen LogP contribution < -0.4 is 0 Å². The lowest BCUT2D eigenvalue weighted by Crippen LogP contribution is -2.37. The molecule has 3 heteroatoms. The number of hydrogen-bond donors (Lipinski definition) is 1. The lowest BCUT2D eigenvalue weighted by atomic mass is 9.96. The molecule has 17 heavy (non-hydrogen) atoms. The second-order valence-corrected chi connectivity index (χ2v) is 4.15. The Balaban J connectivity index is 2.76. The van der Waals surface area contributed by atoms with Crippen LogP contribution in [0.4, 0.5) is 0 Å². The maximum atomic E-state index is 12.1. The summed E-state index contributed by atoms with van der Waals surface area (Å²) in [6.07, 6.45) is -0.732. The van der Waals surface area contributed by atoms with E-state index in [0.717, 1.165) is 5.56 Å². The van der Waals surface area contributed by atoms with Gasteiger partial charge in [0.25, 0.3) is 0 Å². The number of hydrogen-bond acceptors (Lipinski definition) is 2. The summed E-state index contributed by atoms with van der Waals surface area (Å²) in [5, 5.41) is 10.2. The summed E-state index contributed by atoms with van der Waals surface area (Å²) in [4.78, 5) is 13.8. The summed E-state index contributed by atoms with van der Waals surface area (Å²) in [5.74, 6) is -0.399. The van der Waals surface area contributed by atoms with Gasteiger partial charge in [-0.05, 0) is 19.4 Å². The molecule has 0 bridgehead atoms. The average molecular weight is 235 g/mol. The first-order valence-electron chi connectivity index (χ1n) is 6.13. The maximum absolute atomic E-state index is 12.1. The fourth-order valence-corrected chi connectivity index (χ4v) is 1.90. The zero-order valence-corrected chi connectivity index (χ0v) is 10.8. The Morgan fingerprint density at radius 3 is 2.24 bits per heavy atom. The fraction of sp³-hybridized carbons (Fsp3) is 0.500. The van der Waals surface area contributed by atoms with E-state index >= 15 is 0 Å². The first-order valence-corrected chi connectivity index (χ1v) is 6.13. The van der Waals surface area contributed by atoms with Gasteiger partial charge in [-0.2, -0.15) is 0 Å². The van der Waals surface area contributed by atoms with Crippen molar-refractivity contribution in [2.45, 2.75) is 26.9 Å². The van der Waals surface area contributed by atoms with Crippen LogP contribution in [0.2, 0.25) is 0 Å². The summed E-state index contributed by atoms with van der Waals surface area (Å²) in [6.45, 7) is 7.03. The standard InChI is InChI=1S/C14H21NO2/c1-4-15(5-2)14(17)11(3)13(16)12-9-7-6-8-10-12/h6-11,13,16H,4-5H2,1-3H3. The molecule has 94 valence electrons. The van der Waals surface area contributed by atoms with Gasteiger partial charge in [0.15, 0.2) is 0 Å². The molecule has 0 fully saturated rings. The molecule has 1 aromatic carbocycles. The van der Waals surface area contributed by atoms with Gasteiger partial charge in [0.2, 0.25) is 5.91 Å². The second-order valence-electron chi connectivity index (χ2n) is 4.15. The molecule has 0 aliphatic heterocycles. The van der Waals surface area contributed by atoms with Crippen LogP contribution in [-0.4, -0.2) is 29.0 Å². The molecule has 1 aromatic rings. The number of amides is 1. The monoisotopic (exact) mass is 235 g/mol. The number of carbonyl (C=O) groups excluding carboxylic acids is 1. The highest BCUT2D eigenvalue weighted by molar-refractivity contribution is 5.79. The van der Waals surface area contributed by atoms with Gasteiger partial charge in [0.1, 0.15) is 0 Å². The molecule has 2 unspecified atom stereocenters. The minimum absolute atomic E-state index is 0.00588. The Hall–Kier alpha value is -1.35. The molecule has 0 saturated heterocycles. The van der Waals surface area contributed by atoms with Gasteiger partial charge in [-0.1, -0.05) is 37.3 Å². The summed E-state index contributed by atoms with van der Waals surface area (Å²) < 4.78 is 0. The van der Waals surface area contributed by atoms with E-state index in [4.69, 9.17) is 0 Å². The second kappa shape index (κ2) is 6.40. The van der Waals surface area contributed by atoms with Crippen molar-refractivity contribution < 1.29 is 9.90 Å². The van der Waals surface area contributed by atoms with Crippen LogP contribution in [0.3, 0.4) is 0 Å². The van der Waals surface area contributed by atoms with Crippen molar-refractivity contribution in [1.82, 2.24) is 4.90 Å². The molecule has 0 aliphatic carbocycles. The molecule has 2 atom stereocenters. The van der Waals surface area contributed by atoms with E-state index in [9.17, 15) is 9.90 Å². The van der Waals surface area contributed by atoms with Crippen molar-refractivity contribution in [2.75, 3.05) is 13.1 Å². The van der Waals surface area contributed by atoms with E-state index in [-0.39, 0.29) is 5.91 Å². The highest BCUT2D eigenvalue weighted by Gasteiger charge is 2.26. The molecular weight excluding hydrogens is 214 g/mol. The van der Waals surface area contributed by atoms with E-state index in [1.54, 1.807) is 11.8 Å². The van der Waals surface area contributed by atoms with Crippen LogP contribution in [0, 0.1) is 5.92 Å². The topological polar surface area (TPSA) is 40.5 Å². The van der Waals surface area contributed by atoms with Crippen LogP contribution in [0.5, 0.6) is 0 Å². The van der Waals surface area contributed by atoms with Crippen molar-refractivity contribution in [2.24, 2.45) is 5.92 Å². The zero-order valence-electron chi connectivity index (χ0n) is 10.8. The molecule has 0 aliphatic rings. The van der Waals surface area contributed by atoms with Crippen molar-refractivity contribution in [3.05, 3.63) is 35.9 Å². The van der Waals surface area contributed by atoms with Gasteiger partial charge in [-0.3, -0.25) is 4.79 Å². The number of nitrogens with zero attached hydrogens (tertiary/aromatic N) is 1. The Kier molecular flexibility index (Phi) is 5.16. The van der Waals surface area contributed by atoms with Gasteiger partial charge < -0.3 is 10.0 Å². The lowest BCUT2D eigenvalue weighted by Gasteiger charge is -2.26. The Labute approximate surface area is 103 Å². The predicted octanol–water partition coefficient (Wildman–Crippen LogP) is 2.22. The summed E-state index contributed by atoms with van der Waals surface area (Å²) in [6, 6.07) is 9.32. The van der Waals surface area contributed by atoms with Crippen LogP contribution >= 0.6 is 0 Å². The molecule has 1 N–H and O–H groups in total. The number of benzene rings is 1. The first-order chi connectivity index (χ1) is 8.11. The molecule has 0 radical (unpaired) electrons. The van der Waals surface area contributed by atoms with E-state index in [0.29, 0.717) is 13.1 Å². The minimum atomic E-state index is -0.732. The maximum Gasteiger partial charge on any atom is 0.228 e. The highest BCUT2D eigenvalue weighted by atomic mass is 16.3. The molecule has 1 rings (SSSR count). The summed E-state index contributed by atoms with van der Waals surface area (Å²) in [7, 11) is 0. The van der Waals surface area contributed by atoms with Crippen LogP contribution in [0.25, 0.3) is 0 Å². The molecular formula is C14H21NO2. The zero-order chi connectivity index (χ0) is 12.8. The number of aliphatic hydroxyl groups excluding tert-OH is 1. The predicted molar refractivity (Wildman–Crippen MR) is 68.5 cm³/mol. The molecule has 0 saturated carbocycles. The van der Waals surface area contributed by atoms with Crippen molar-refractivity contribution in [3.63, 3.8) is 0 Å². The van der Waals surface area contributed by atoms with E-state index in [1.807, 2.05) is 44.2 Å². The van der Waals surface area contributed by atoms with Gasteiger partial charge in [0.05, 0.1) is 12.0 Å². The van der Waals surface area contributed by atoms with Crippen molar-refractivity contribution in [1.29, 1.82) is 0 Å². The van der Waals surface area contributed by atoms with Crippen molar-refractivity contribution >= 4 is 5.91 Å². The van der Waals surface area contributed by atoms with Gasteiger partial charge in [-0.25, -0.2) is 0 Å². The van der Waals surface area contributed by atoms with Gasteiger partial charge in [-0.15, -0.1) is 0 Å². The molecule has 0 heterocycles. The normalized spacial score (nSPS) is 14.1. The Bertz CT molecular complexity index is 346. The minimum Gasteiger partial charge on any atom is -0.388 e. The first kappa shape index (κ1) is 13.7. The van der Waals surface area contributed by atoms with Gasteiger partial charge in [0, 0.05) is 13.1 Å². The average Bonchev–Trinajstić information content (AvgIpc) is 2.39. The lowest BCUT2D eigenvalue weighted by molar-refractivity contribution is -0.138. The van der Waals surface area contributed by atoms with Crippen LogP contribution in [0.1, 0.15) is 32.4 Å². The smallest absolute Gasteiger partial charge is 0.228 e. The van der Waals surface area contributed by atoms with E-state index < -0.39 is 12.0 Å². The Morgan fingerprint density at radius 1 is 1.24 bits per heavy atom. The quantitative estimate of drug-likeness (QED) is 0.850. The molecule has 1 amide bonds. The SMILES string of the molecule is CCN(CC)C(=O)C(C)C(O)c1ccccc1. The number of carbonyl (C=O) groups is 1. The van der Waals surface area contributed by atoms with Crippen molar-refractivity contribution in [3.8, 4) is 0 Å². The van der Waals surface area contributed by atoms with Gasteiger partial charge >= 0.3 is 0 Å². The van der Waals surface area contributed by atoms with Crippen LogP contribution in [-0.2, 0) is 4.79 Å². The molecule has 0 spiro atoms. The van der Waals surface area contributed by atoms with E-state index in [1.165, 1.54) is 0 Å². The third-order valence-corrected chi connectivity index (χ3v) is 3.08. The fourth-order valence-electron chi connectivity index (χ4n) is 1.90. The number of rotatable bonds is 5. The van der Waals surface area contributed by atoms with E-state index in [2.05, 4.69) is 0 Å². The number of aliphatic hydroxyl groups is 1. The molecule has 0 aromatic heterocycles. The highest BCUT2D eigenvalue weighted by Crippen LogP contribution is 2.23. The third kappa shape index (κ3) is 3.30. The molecule has 3 nitrogen and oxygen atoms in total. The summed E-state index contributed by atoms with van der Waals surface area (Å²) in [5.41, 5.74) is 0.792. The summed E-state index contributed by atoms with van der Waals surface area (Å²) >= 11 is 0. The van der Waals surface area contributed by atoms with Crippen LogP contribution in [0.15, 0.2) is 30.3 Å². The third-order valence-electron chi connectivity index (χ3n) is 3.08.